The molecular weight excluding hydrogens is 267 g/mol. The number of carboxylic acid groups (broad SMARTS) is 1. The SMILES string of the molecule is O=C(O)Cn1nnc2ccc(C(F)(F)F)cc2c1=O. The van der Waals surface area contributed by atoms with Crippen LogP contribution in [0.4, 0.5) is 13.2 Å². The zero-order chi connectivity index (χ0) is 14.2. The number of rotatable bonds is 2. The minimum Gasteiger partial charge on any atom is -0.480 e. The maximum Gasteiger partial charge on any atom is 0.416 e. The number of hydrogen-bond acceptors (Lipinski definition) is 4. The number of fused-ring (bicyclic) bond motifs is 1. The van der Waals surface area contributed by atoms with Gasteiger partial charge in [-0.3, -0.25) is 9.59 Å². The van der Waals surface area contributed by atoms with Gasteiger partial charge >= 0.3 is 12.1 Å². The molecule has 1 aromatic heterocycles. The Morgan fingerprint density at radius 2 is 2.05 bits per heavy atom. The Morgan fingerprint density at radius 1 is 1.37 bits per heavy atom. The number of aromatic nitrogens is 3. The molecule has 2 rings (SSSR count). The first-order valence-corrected chi connectivity index (χ1v) is 4.95. The first kappa shape index (κ1) is 13.0. The van der Waals surface area contributed by atoms with Crippen molar-refractivity contribution in [1.29, 1.82) is 0 Å². The monoisotopic (exact) mass is 273 g/mol. The molecule has 100 valence electrons. The standard InChI is InChI=1S/C10H6F3N3O3/c11-10(12,13)5-1-2-7-6(3-5)9(19)16(15-14-7)4-8(17)18/h1-3H,4H2,(H,17,18). The number of carboxylic acids is 1. The van der Waals surface area contributed by atoms with Gasteiger partial charge in [0.05, 0.1) is 10.9 Å². The van der Waals surface area contributed by atoms with Crippen LogP contribution in [0.5, 0.6) is 0 Å². The third-order valence-corrected chi connectivity index (χ3v) is 2.33. The number of hydrogen-bond donors (Lipinski definition) is 1. The van der Waals surface area contributed by atoms with Gasteiger partial charge in [0, 0.05) is 0 Å². The average molecular weight is 273 g/mol. The summed E-state index contributed by atoms with van der Waals surface area (Å²) < 4.78 is 38.0. The molecule has 2 aromatic rings. The Balaban J connectivity index is 2.66. The Bertz CT molecular complexity index is 708. The molecule has 0 aliphatic rings. The first-order valence-electron chi connectivity index (χ1n) is 4.95. The summed E-state index contributed by atoms with van der Waals surface area (Å²) >= 11 is 0. The highest BCUT2D eigenvalue weighted by Gasteiger charge is 2.30. The van der Waals surface area contributed by atoms with Crippen LogP contribution in [-0.4, -0.2) is 26.1 Å². The van der Waals surface area contributed by atoms with Crippen LogP contribution in [0.3, 0.4) is 0 Å². The molecule has 0 aliphatic carbocycles. The second-order valence-electron chi connectivity index (χ2n) is 3.68. The van der Waals surface area contributed by atoms with Gasteiger partial charge in [0.15, 0.2) is 0 Å². The molecule has 0 atom stereocenters. The Hall–Kier alpha value is -2.45. The number of halogens is 3. The summed E-state index contributed by atoms with van der Waals surface area (Å²) in [6, 6.07) is 2.42. The molecule has 0 saturated carbocycles. The Morgan fingerprint density at radius 3 is 2.63 bits per heavy atom. The minimum absolute atomic E-state index is 0.0281. The van der Waals surface area contributed by atoms with E-state index in [4.69, 9.17) is 5.11 Å². The van der Waals surface area contributed by atoms with Gasteiger partial charge in [-0.1, -0.05) is 5.21 Å². The van der Waals surface area contributed by atoms with Gasteiger partial charge in [-0.25, -0.2) is 0 Å². The largest absolute Gasteiger partial charge is 0.480 e. The van der Waals surface area contributed by atoms with Crippen LogP contribution in [0.25, 0.3) is 10.9 Å². The smallest absolute Gasteiger partial charge is 0.416 e. The molecule has 0 spiro atoms. The summed E-state index contributed by atoms with van der Waals surface area (Å²) in [5.41, 5.74) is -1.97. The van der Waals surface area contributed by atoms with E-state index in [9.17, 15) is 22.8 Å². The molecule has 9 heteroatoms. The third kappa shape index (κ3) is 2.54. The fourth-order valence-corrected chi connectivity index (χ4v) is 1.48. The van der Waals surface area contributed by atoms with Gasteiger partial charge in [0.2, 0.25) is 0 Å². The maximum absolute atomic E-state index is 12.5. The molecular formula is C10H6F3N3O3. The molecule has 1 heterocycles. The molecule has 1 aromatic carbocycles. The van der Waals surface area contributed by atoms with Crippen molar-refractivity contribution in [1.82, 2.24) is 15.0 Å². The summed E-state index contributed by atoms with van der Waals surface area (Å²) in [6.07, 6.45) is -4.60. The van der Waals surface area contributed by atoms with Gasteiger partial charge in [0.25, 0.3) is 5.56 Å². The van der Waals surface area contributed by atoms with Crippen molar-refractivity contribution in [2.24, 2.45) is 0 Å². The van der Waals surface area contributed by atoms with E-state index in [0.717, 1.165) is 12.1 Å². The van der Waals surface area contributed by atoms with Crippen LogP contribution >= 0.6 is 0 Å². The van der Waals surface area contributed by atoms with Crippen LogP contribution in [0.1, 0.15) is 5.56 Å². The number of alkyl halides is 3. The lowest BCUT2D eigenvalue weighted by Crippen LogP contribution is -2.27. The molecule has 0 unspecified atom stereocenters. The topological polar surface area (TPSA) is 85.1 Å². The van der Waals surface area contributed by atoms with Crippen molar-refractivity contribution >= 4 is 16.9 Å². The van der Waals surface area contributed by atoms with E-state index >= 15 is 0 Å². The predicted molar refractivity (Wildman–Crippen MR) is 56.4 cm³/mol. The first-order chi connectivity index (χ1) is 8.79. The van der Waals surface area contributed by atoms with Gasteiger partial charge in [-0.05, 0) is 18.2 Å². The zero-order valence-corrected chi connectivity index (χ0v) is 9.18. The number of nitrogens with zero attached hydrogens (tertiary/aromatic N) is 3. The summed E-state index contributed by atoms with van der Waals surface area (Å²) in [7, 11) is 0. The number of benzene rings is 1. The van der Waals surface area contributed by atoms with Crippen molar-refractivity contribution < 1.29 is 23.1 Å². The van der Waals surface area contributed by atoms with Crippen LogP contribution in [-0.2, 0) is 17.5 Å². The molecule has 0 radical (unpaired) electrons. The van der Waals surface area contributed by atoms with Gasteiger partial charge in [-0.15, -0.1) is 5.10 Å². The van der Waals surface area contributed by atoms with Gasteiger partial charge < -0.3 is 5.11 Å². The second kappa shape index (κ2) is 4.34. The van der Waals surface area contributed by atoms with Crippen molar-refractivity contribution in [2.75, 3.05) is 0 Å². The van der Waals surface area contributed by atoms with Crippen LogP contribution in [0.15, 0.2) is 23.0 Å². The molecule has 6 nitrogen and oxygen atoms in total. The molecule has 0 aliphatic heterocycles. The highest BCUT2D eigenvalue weighted by atomic mass is 19.4. The quantitative estimate of drug-likeness (QED) is 0.878. The van der Waals surface area contributed by atoms with Gasteiger partial charge in [-0.2, -0.15) is 17.9 Å². The number of carbonyl (C=O) groups is 1. The van der Waals surface area contributed by atoms with Crippen molar-refractivity contribution in [2.45, 2.75) is 12.7 Å². The van der Waals surface area contributed by atoms with E-state index in [2.05, 4.69) is 10.3 Å². The average Bonchev–Trinajstić information content (AvgIpc) is 2.31. The van der Waals surface area contributed by atoms with E-state index in [1.165, 1.54) is 0 Å². The summed E-state index contributed by atoms with van der Waals surface area (Å²) in [5, 5.41) is 15.0. The van der Waals surface area contributed by atoms with E-state index < -0.39 is 29.8 Å². The number of aliphatic carboxylic acids is 1. The fourth-order valence-electron chi connectivity index (χ4n) is 1.48. The molecule has 0 bridgehead atoms. The van der Waals surface area contributed by atoms with E-state index in [1.54, 1.807) is 0 Å². The van der Waals surface area contributed by atoms with Crippen molar-refractivity contribution in [3.8, 4) is 0 Å². The normalized spacial score (nSPS) is 11.7. The second-order valence-corrected chi connectivity index (χ2v) is 3.68. The summed E-state index contributed by atoms with van der Waals surface area (Å²) in [6.45, 7) is -0.766. The Kier molecular flexibility index (Phi) is 2.97. The molecule has 0 saturated heterocycles. The van der Waals surface area contributed by atoms with E-state index in [0.29, 0.717) is 10.7 Å². The van der Waals surface area contributed by atoms with Crippen LogP contribution in [0.2, 0.25) is 0 Å². The fraction of sp³-hybridized carbons (Fsp3) is 0.200. The summed E-state index contributed by atoms with van der Waals surface area (Å²) in [4.78, 5) is 22.2. The molecule has 1 N–H and O–H groups in total. The predicted octanol–water partition coefficient (Wildman–Crippen LogP) is 0.895. The highest BCUT2D eigenvalue weighted by Crippen LogP contribution is 2.30. The van der Waals surface area contributed by atoms with Crippen molar-refractivity contribution in [3.05, 3.63) is 34.1 Å². The third-order valence-electron chi connectivity index (χ3n) is 2.33. The molecule has 0 amide bonds. The minimum atomic E-state index is -4.60. The lowest BCUT2D eigenvalue weighted by atomic mass is 10.1. The van der Waals surface area contributed by atoms with Crippen LogP contribution in [0, 0.1) is 0 Å². The molecule has 19 heavy (non-hydrogen) atoms. The zero-order valence-electron chi connectivity index (χ0n) is 9.18. The van der Waals surface area contributed by atoms with Crippen LogP contribution < -0.4 is 5.56 Å². The van der Waals surface area contributed by atoms with E-state index in [1.807, 2.05) is 0 Å². The lowest BCUT2D eigenvalue weighted by Gasteiger charge is -2.07. The van der Waals surface area contributed by atoms with Crippen molar-refractivity contribution in [3.63, 3.8) is 0 Å². The summed E-state index contributed by atoms with van der Waals surface area (Å²) in [5.74, 6) is -1.34. The van der Waals surface area contributed by atoms with E-state index in [-0.39, 0.29) is 10.9 Å². The Labute approximate surface area is 103 Å². The molecule has 0 fully saturated rings. The van der Waals surface area contributed by atoms with Gasteiger partial charge in [0.1, 0.15) is 12.1 Å². The lowest BCUT2D eigenvalue weighted by molar-refractivity contribution is -0.138. The maximum atomic E-state index is 12.5. The highest BCUT2D eigenvalue weighted by molar-refractivity contribution is 5.78.